The van der Waals surface area contributed by atoms with Crippen molar-refractivity contribution in [3.05, 3.63) is 0 Å². The number of ketones is 1. The summed E-state index contributed by atoms with van der Waals surface area (Å²) in [6.45, 7) is 3.31. The Bertz CT molecular complexity index is 190. The van der Waals surface area contributed by atoms with E-state index >= 15 is 0 Å². The van der Waals surface area contributed by atoms with Gasteiger partial charge in [-0.25, -0.2) is 5.06 Å². The molecule has 0 aromatic carbocycles. The zero-order chi connectivity index (χ0) is 8.43. The Morgan fingerprint density at radius 1 is 1.82 bits per heavy atom. The lowest BCUT2D eigenvalue weighted by molar-refractivity contribution is -0.173. The van der Waals surface area contributed by atoms with Crippen molar-refractivity contribution >= 4 is 11.7 Å². The molecule has 1 amide bonds. The van der Waals surface area contributed by atoms with E-state index < -0.39 is 0 Å². The summed E-state index contributed by atoms with van der Waals surface area (Å²) in [5.74, 6) is -0.167. The molecule has 1 rings (SSSR count). The van der Waals surface area contributed by atoms with Crippen LogP contribution in [-0.2, 0) is 14.4 Å². The number of hydrogen-bond acceptors (Lipinski definition) is 3. The Hall–Kier alpha value is -0.900. The third kappa shape index (κ3) is 2.01. The van der Waals surface area contributed by atoms with Crippen LogP contribution in [0, 0.1) is 0 Å². The number of hydroxylamine groups is 2. The van der Waals surface area contributed by atoms with Crippen molar-refractivity contribution in [3.63, 3.8) is 0 Å². The number of rotatable bonds is 2. The SMILES string of the molecule is CC(=O)CN1OC(C)CC1=O. The van der Waals surface area contributed by atoms with Crippen LogP contribution in [0.1, 0.15) is 20.3 Å². The zero-order valence-electron chi connectivity index (χ0n) is 6.66. The first kappa shape index (κ1) is 8.20. The van der Waals surface area contributed by atoms with Gasteiger partial charge in [-0.2, -0.15) is 0 Å². The van der Waals surface area contributed by atoms with Gasteiger partial charge in [-0.15, -0.1) is 0 Å². The van der Waals surface area contributed by atoms with Crippen molar-refractivity contribution in [1.29, 1.82) is 0 Å². The minimum atomic E-state index is -0.104. The van der Waals surface area contributed by atoms with E-state index in [0.29, 0.717) is 6.42 Å². The molecule has 0 N–H and O–H groups in total. The van der Waals surface area contributed by atoms with Crippen LogP contribution in [0.2, 0.25) is 0 Å². The van der Waals surface area contributed by atoms with E-state index in [4.69, 9.17) is 4.84 Å². The van der Waals surface area contributed by atoms with E-state index in [2.05, 4.69) is 0 Å². The summed E-state index contributed by atoms with van der Waals surface area (Å²) in [5.41, 5.74) is 0. The second kappa shape index (κ2) is 3.00. The van der Waals surface area contributed by atoms with Crippen LogP contribution in [0.5, 0.6) is 0 Å². The van der Waals surface area contributed by atoms with Crippen LogP contribution < -0.4 is 0 Å². The summed E-state index contributed by atoms with van der Waals surface area (Å²) in [4.78, 5) is 26.6. The largest absolute Gasteiger partial charge is 0.298 e. The summed E-state index contributed by atoms with van der Waals surface area (Å²) in [6.07, 6.45) is 0.301. The molecular weight excluding hydrogens is 146 g/mol. The first-order valence-corrected chi connectivity index (χ1v) is 3.56. The molecule has 1 heterocycles. The van der Waals surface area contributed by atoms with Crippen molar-refractivity contribution in [3.8, 4) is 0 Å². The van der Waals surface area contributed by atoms with Crippen LogP contribution in [-0.4, -0.2) is 29.4 Å². The van der Waals surface area contributed by atoms with Gasteiger partial charge >= 0.3 is 0 Å². The Balaban J connectivity index is 2.47. The molecule has 0 bridgehead atoms. The maximum absolute atomic E-state index is 11.0. The molecule has 11 heavy (non-hydrogen) atoms. The molecule has 0 saturated carbocycles. The zero-order valence-corrected chi connectivity index (χ0v) is 6.66. The third-order valence-corrected chi connectivity index (χ3v) is 1.41. The van der Waals surface area contributed by atoms with Gasteiger partial charge in [0, 0.05) is 0 Å². The van der Waals surface area contributed by atoms with Crippen LogP contribution >= 0.6 is 0 Å². The molecule has 0 radical (unpaired) electrons. The molecule has 1 fully saturated rings. The van der Waals surface area contributed by atoms with Gasteiger partial charge in [-0.3, -0.25) is 14.4 Å². The van der Waals surface area contributed by atoms with E-state index in [1.807, 2.05) is 0 Å². The van der Waals surface area contributed by atoms with E-state index in [0.717, 1.165) is 5.06 Å². The molecule has 0 aromatic rings. The van der Waals surface area contributed by atoms with Gasteiger partial charge in [-0.1, -0.05) is 0 Å². The Kier molecular flexibility index (Phi) is 2.24. The third-order valence-electron chi connectivity index (χ3n) is 1.41. The number of carbonyl (C=O) groups is 2. The Labute approximate surface area is 65.1 Å². The lowest BCUT2D eigenvalue weighted by Gasteiger charge is -2.12. The highest BCUT2D eigenvalue weighted by Crippen LogP contribution is 2.13. The van der Waals surface area contributed by atoms with Crippen molar-refractivity contribution in [2.45, 2.75) is 26.4 Å². The lowest BCUT2D eigenvalue weighted by atomic mass is 10.3. The summed E-state index contributed by atoms with van der Waals surface area (Å²) in [5, 5.41) is 1.13. The summed E-state index contributed by atoms with van der Waals surface area (Å²) < 4.78 is 0. The summed E-state index contributed by atoms with van der Waals surface area (Å²) >= 11 is 0. The monoisotopic (exact) mass is 157 g/mol. The molecule has 1 unspecified atom stereocenters. The Morgan fingerprint density at radius 3 is 2.82 bits per heavy atom. The molecule has 1 saturated heterocycles. The second-order valence-corrected chi connectivity index (χ2v) is 2.75. The predicted molar refractivity (Wildman–Crippen MR) is 37.6 cm³/mol. The quantitative estimate of drug-likeness (QED) is 0.572. The first-order valence-electron chi connectivity index (χ1n) is 3.56. The second-order valence-electron chi connectivity index (χ2n) is 2.75. The van der Waals surface area contributed by atoms with Crippen molar-refractivity contribution < 1.29 is 14.4 Å². The van der Waals surface area contributed by atoms with Crippen molar-refractivity contribution in [2.75, 3.05) is 6.54 Å². The fraction of sp³-hybridized carbons (Fsp3) is 0.714. The van der Waals surface area contributed by atoms with Crippen molar-refractivity contribution in [2.24, 2.45) is 0 Å². The molecule has 4 heteroatoms. The number of Topliss-reactive ketones (excluding diaryl/α,β-unsaturated/α-hetero) is 1. The van der Waals surface area contributed by atoms with Gasteiger partial charge in [0.15, 0.2) is 5.78 Å². The highest BCUT2D eigenvalue weighted by Gasteiger charge is 2.28. The average Bonchev–Trinajstić information content (AvgIpc) is 2.09. The normalized spacial score (nSPS) is 24.4. The fourth-order valence-corrected chi connectivity index (χ4v) is 0.989. The molecule has 4 nitrogen and oxygen atoms in total. The molecule has 1 aliphatic heterocycles. The first-order chi connectivity index (χ1) is 5.09. The van der Waals surface area contributed by atoms with E-state index in [1.165, 1.54) is 6.92 Å². The number of hydrogen-bond donors (Lipinski definition) is 0. The molecular formula is C7H11NO3. The number of amides is 1. The Morgan fingerprint density at radius 2 is 2.45 bits per heavy atom. The maximum atomic E-state index is 11.0. The number of carbonyl (C=O) groups excluding carboxylic acids is 2. The van der Waals surface area contributed by atoms with E-state index in [9.17, 15) is 9.59 Å². The minimum Gasteiger partial charge on any atom is -0.298 e. The van der Waals surface area contributed by atoms with E-state index in [1.54, 1.807) is 6.92 Å². The summed E-state index contributed by atoms with van der Waals surface area (Å²) in [6, 6.07) is 0. The van der Waals surface area contributed by atoms with Crippen LogP contribution in [0.3, 0.4) is 0 Å². The van der Waals surface area contributed by atoms with Gasteiger partial charge in [0.05, 0.1) is 12.5 Å². The topological polar surface area (TPSA) is 46.6 Å². The summed E-state index contributed by atoms with van der Waals surface area (Å²) in [7, 11) is 0. The molecule has 62 valence electrons. The molecule has 1 atom stereocenters. The van der Waals surface area contributed by atoms with Gasteiger partial charge < -0.3 is 0 Å². The van der Waals surface area contributed by atoms with Gasteiger partial charge in [0.2, 0.25) is 5.91 Å². The van der Waals surface area contributed by atoms with Gasteiger partial charge in [-0.05, 0) is 13.8 Å². The molecule has 0 aliphatic carbocycles. The fourth-order valence-electron chi connectivity index (χ4n) is 0.989. The lowest BCUT2D eigenvalue weighted by Crippen LogP contribution is -2.28. The minimum absolute atomic E-state index is 0.0625. The van der Waals surface area contributed by atoms with Gasteiger partial charge in [0.25, 0.3) is 0 Å². The van der Waals surface area contributed by atoms with E-state index in [-0.39, 0.29) is 24.3 Å². The molecule has 1 aliphatic rings. The molecule has 0 aromatic heterocycles. The standard InChI is InChI=1S/C7H11NO3/c1-5(9)4-8-7(10)3-6(2)11-8/h6H,3-4H2,1-2H3. The predicted octanol–water partition coefficient (Wildman–Crippen LogP) is 0.128. The van der Waals surface area contributed by atoms with Crippen LogP contribution in [0.15, 0.2) is 0 Å². The molecule has 0 spiro atoms. The van der Waals surface area contributed by atoms with Gasteiger partial charge in [0.1, 0.15) is 6.54 Å². The number of nitrogens with zero attached hydrogens (tertiary/aromatic N) is 1. The highest BCUT2D eigenvalue weighted by molar-refractivity contribution is 5.84. The smallest absolute Gasteiger partial charge is 0.249 e. The average molecular weight is 157 g/mol. The van der Waals surface area contributed by atoms with Crippen molar-refractivity contribution in [1.82, 2.24) is 5.06 Å². The maximum Gasteiger partial charge on any atom is 0.249 e. The van der Waals surface area contributed by atoms with Crippen LogP contribution in [0.25, 0.3) is 0 Å². The van der Waals surface area contributed by atoms with Crippen LogP contribution in [0.4, 0.5) is 0 Å². The highest BCUT2D eigenvalue weighted by atomic mass is 16.7.